The van der Waals surface area contributed by atoms with Crippen molar-refractivity contribution < 1.29 is 4.39 Å². The Labute approximate surface area is 125 Å². The van der Waals surface area contributed by atoms with E-state index in [4.69, 9.17) is 23.8 Å². The van der Waals surface area contributed by atoms with Crippen LogP contribution in [0.3, 0.4) is 0 Å². The van der Waals surface area contributed by atoms with Crippen LogP contribution in [0.4, 0.5) is 10.1 Å². The summed E-state index contributed by atoms with van der Waals surface area (Å²) in [7, 11) is 0. The van der Waals surface area contributed by atoms with Crippen molar-refractivity contribution in [3.63, 3.8) is 0 Å². The maximum absolute atomic E-state index is 13.0. The van der Waals surface area contributed by atoms with E-state index >= 15 is 0 Å². The molecule has 0 saturated carbocycles. The fourth-order valence-electron chi connectivity index (χ4n) is 1.35. The lowest BCUT2D eigenvalue weighted by Gasteiger charge is -2.07. The van der Waals surface area contributed by atoms with Crippen LogP contribution in [0.25, 0.3) is 0 Å². The molecule has 0 bridgehead atoms. The van der Waals surface area contributed by atoms with Crippen molar-refractivity contribution in [3.8, 4) is 0 Å². The number of halogens is 2. The summed E-state index contributed by atoms with van der Waals surface area (Å²) in [5.74, 6) is -0.481. The standard InChI is InChI=1S/C13H10ClFN4S/c14-11-6-10(3-4-12(11)15)18-13(20)19-17-8-9-2-1-5-16-7-9/h1-8H,(H2,18,19,20)/b17-8+. The number of hydrogen-bond acceptors (Lipinski definition) is 3. The van der Waals surface area contributed by atoms with E-state index < -0.39 is 5.82 Å². The monoisotopic (exact) mass is 308 g/mol. The Balaban J connectivity index is 1.89. The zero-order valence-electron chi connectivity index (χ0n) is 10.2. The van der Waals surface area contributed by atoms with Gasteiger partial charge in [0.2, 0.25) is 0 Å². The maximum Gasteiger partial charge on any atom is 0.191 e. The Morgan fingerprint density at radius 2 is 2.25 bits per heavy atom. The number of anilines is 1. The van der Waals surface area contributed by atoms with Gasteiger partial charge in [-0.2, -0.15) is 5.10 Å². The summed E-state index contributed by atoms with van der Waals surface area (Å²) in [4.78, 5) is 3.95. The lowest BCUT2D eigenvalue weighted by molar-refractivity contribution is 0.628. The third-order valence-electron chi connectivity index (χ3n) is 2.24. The lowest BCUT2D eigenvalue weighted by Crippen LogP contribution is -2.23. The number of aromatic nitrogens is 1. The Kier molecular flexibility index (Phi) is 4.97. The van der Waals surface area contributed by atoms with Crippen molar-refractivity contribution in [2.75, 3.05) is 5.32 Å². The van der Waals surface area contributed by atoms with Crippen molar-refractivity contribution in [2.24, 2.45) is 5.10 Å². The highest BCUT2D eigenvalue weighted by Crippen LogP contribution is 2.19. The summed E-state index contributed by atoms with van der Waals surface area (Å²) < 4.78 is 13.0. The van der Waals surface area contributed by atoms with E-state index in [1.54, 1.807) is 24.7 Å². The molecule has 0 unspecified atom stereocenters. The van der Waals surface area contributed by atoms with Gasteiger partial charge >= 0.3 is 0 Å². The zero-order valence-corrected chi connectivity index (χ0v) is 11.7. The Morgan fingerprint density at radius 1 is 1.40 bits per heavy atom. The van der Waals surface area contributed by atoms with Crippen molar-refractivity contribution in [1.29, 1.82) is 0 Å². The van der Waals surface area contributed by atoms with Gasteiger partial charge in [-0.25, -0.2) is 4.39 Å². The van der Waals surface area contributed by atoms with E-state index in [0.29, 0.717) is 5.69 Å². The van der Waals surface area contributed by atoms with Gasteiger partial charge in [-0.15, -0.1) is 0 Å². The topological polar surface area (TPSA) is 49.3 Å². The van der Waals surface area contributed by atoms with Crippen LogP contribution >= 0.6 is 23.8 Å². The molecular formula is C13H10ClFN4S. The summed E-state index contributed by atoms with van der Waals surface area (Å²) in [6.45, 7) is 0. The van der Waals surface area contributed by atoms with E-state index in [1.807, 2.05) is 6.07 Å². The number of hydrazone groups is 1. The quantitative estimate of drug-likeness (QED) is 0.519. The van der Waals surface area contributed by atoms with Crippen LogP contribution in [0, 0.1) is 5.82 Å². The number of rotatable bonds is 3. The molecular weight excluding hydrogens is 299 g/mol. The zero-order chi connectivity index (χ0) is 14.4. The smallest absolute Gasteiger partial charge is 0.191 e. The number of pyridine rings is 1. The average molecular weight is 309 g/mol. The van der Waals surface area contributed by atoms with E-state index in [2.05, 4.69) is 20.8 Å². The Hall–Kier alpha value is -2.05. The van der Waals surface area contributed by atoms with Gasteiger partial charge < -0.3 is 5.32 Å². The van der Waals surface area contributed by atoms with Crippen LogP contribution in [0.15, 0.2) is 47.8 Å². The first-order valence-corrected chi connectivity index (χ1v) is 6.39. The predicted molar refractivity (Wildman–Crippen MR) is 82.6 cm³/mol. The molecule has 7 heteroatoms. The van der Waals surface area contributed by atoms with Crippen molar-refractivity contribution in [3.05, 3.63) is 59.1 Å². The molecule has 0 atom stereocenters. The molecule has 0 aliphatic rings. The average Bonchev–Trinajstić information content (AvgIpc) is 2.44. The molecule has 1 aromatic carbocycles. The minimum absolute atomic E-state index is 0.0247. The van der Waals surface area contributed by atoms with Gasteiger partial charge in [0, 0.05) is 23.6 Å². The molecule has 4 nitrogen and oxygen atoms in total. The van der Waals surface area contributed by atoms with E-state index in [1.165, 1.54) is 18.2 Å². The first-order valence-electron chi connectivity index (χ1n) is 5.60. The minimum atomic E-state index is -0.481. The first kappa shape index (κ1) is 14.4. The predicted octanol–water partition coefficient (Wildman–Crippen LogP) is 3.19. The molecule has 0 spiro atoms. The molecule has 2 N–H and O–H groups in total. The second kappa shape index (κ2) is 6.93. The van der Waals surface area contributed by atoms with Gasteiger partial charge in [0.05, 0.1) is 11.2 Å². The summed E-state index contributed by atoms with van der Waals surface area (Å²) in [6.07, 6.45) is 4.93. The van der Waals surface area contributed by atoms with Crippen molar-refractivity contribution in [2.45, 2.75) is 0 Å². The van der Waals surface area contributed by atoms with Gasteiger partial charge in [0.15, 0.2) is 5.11 Å². The third kappa shape index (κ3) is 4.25. The molecule has 2 aromatic rings. The van der Waals surface area contributed by atoms with Crippen LogP contribution in [0.5, 0.6) is 0 Å². The summed E-state index contributed by atoms with van der Waals surface area (Å²) in [5, 5.41) is 7.08. The highest BCUT2D eigenvalue weighted by atomic mass is 35.5. The molecule has 1 heterocycles. The number of thiocarbonyl (C=S) groups is 1. The fourth-order valence-corrected chi connectivity index (χ4v) is 1.70. The first-order chi connectivity index (χ1) is 9.65. The van der Waals surface area contributed by atoms with Gasteiger partial charge in [-0.3, -0.25) is 10.4 Å². The van der Waals surface area contributed by atoms with Crippen LogP contribution in [-0.2, 0) is 0 Å². The van der Waals surface area contributed by atoms with Gasteiger partial charge in [-0.1, -0.05) is 17.7 Å². The fraction of sp³-hybridized carbons (Fsp3) is 0. The molecule has 0 amide bonds. The second-order valence-electron chi connectivity index (χ2n) is 3.74. The van der Waals surface area contributed by atoms with Crippen molar-refractivity contribution >= 4 is 40.8 Å². The molecule has 20 heavy (non-hydrogen) atoms. The van der Waals surface area contributed by atoms with E-state index in [0.717, 1.165) is 5.56 Å². The molecule has 0 saturated heterocycles. The van der Waals surface area contributed by atoms with E-state index in [9.17, 15) is 4.39 Å². The van der Waals surface area contributed by atoms with Gasteiger partial charge in [0.25, 0.3) is 0 Å². The Bertz CT molecular complexity index is 634. The van der Waals surface area contributed by atoms with Crippen LogP contribution in [0.1, 0.15) is 5.56 Å². The number of nitrogens with one attached hydrogen (secondary N) is 2. The number of nitrogens with zero attached hydrogens (tertiary/aromatic N) is 2. The van der Waals surface area contributed by atoms with Crippen LogP contribution in [0.2, 0.25) is 5.02 Å². The highest BCUT2D eigenvalue weighted by Gasteiger charge is 2.01. The normalized spacial score (nSPS) is 10.5. The molecule has 0 aliphatic carbocycles. The molecule has 102 valence electrons. The summed E-state index contributed by atoms with van der Waals surface area (Å²) >= 11 is 10.7. The van der Waals surface area contributed by atoms with Crippen LogP contribution in [-0.4, -0.2) is 16.3 Å². The molecule has 2 rings (SSSR count). The third-order valence-corrected chi connectivity index (χ3v) is 2.72. The van der Waals surface area contributed by atoms with Gasteiger partial charge in [-0.05, 0) is 36.5 Å². The number of hydrogen-bond donors (Lipinski definition) is 2. The van der Waals surface area contributed by atoms with Crippen LogP contribution < -0.4 is 10.7 Å². The Morgan fingerprint density at radius 3 is 2.95 bits per heavy atom. The van der Waals surface area contributed by atoms with Crippen molar-refractivity contribution in [1.82, 2.24) is 10.4 Å². The summed E-state index contributed by atoms with van der Waals surface area (Å²) in [5.41, 5.74) is 4.05. The second-order valence-corrected chi connectivity index (χ2v) is 4.55. The lowest BCUT2D eigenvalue weighted by atomic mass is 10.3. The highest BCUT2D eigenvalue weighted by molar-refractivity contribution is 7.80. The van der Waals surface area contributed by atoms with E-state index in [-0.39, 0.29) is 10.1 Å². The summed E-state index contributed by atoms with van der Waals surface area (Å²) in [6, 6.07) is 7.88. The molecule has 0 fully saturated rings. The van der Waals surface area contributed by atoms with Gasteiger partial charge in [0.1, 0.15) is 5.82 Å². The number of benzene rings is 1. The maximum atomic E-state index is 13.0. The minimum Gasteiger partial charge on any atom is -0.331 e. The largest absolute Gasteiger partial charge is 0.331 e. The SMILES string of the molecule is Fc1ccc(NC(=S)N/N=C/c2cccnc2)cc1Cl. The molecule has 1 aromatic heterocycles. The molecule has 0 aliphatic heterocycles. The molecule has 0 radical (unpaired) electrons.